The molecular formula is C14H10N2O5S. The molecule has 0 unspecified atom stereocenters. The van der Waals surface area contributed by atoms with E-state index in [0.29, 0.717) is 0 Å². The van der Waals surface area contributed by atoms with Crippen molar-refractivity contribution in [1.82, 2.24) is 4.57 Å². The van der Waals surface area contributed by atoms with Gasteiger partial charge in [-0.2, -0.15) is 5.26 Å². The molecule has 0 aliphatic rings. The summed E-state index contributed by atoms with van der Waals surface area (Å²) in [5.74, 6) is -1.40. The highest BCUT2D eigenvalue weighted by Crippen LogP contribution is 2.24. The fourth-order valence-corrected chi connectivity index (χ4v) is 2.79. The van der Waals surface area contributed by atoms with Gasteiger partial charge < -0.3 is 9.67 Å². The van der Waals surface area contributed by atoms with Crippen molar-refractivity contribution < 1.29 is 18.3 Å². The lowest BCUT2D eigenvalue weighted by atomic mass is 10.1. The lowest BCUT2D eigenvalue weighted by Crippen LogP contribution is -2.11. The molecule has 2 aromatic rings. The lowest BCUT2D eigenvalue weighted by Gasteiger charge is -2.13. The van der Waals surface area contributed by atoms with Crippen LogP contribution in [0.25, 0.3) is 5.69 Å². The normalized spacial score (nSPS) is 10.9. The zero-order valence-corrected chi connectivity index (χ0v) is 12.2. The molecule has 112 valence electrons. The quantitative estimate of drug-likeness (QED) is 0.895. The number of rotatable bonds is 3. The van der Waals surface area contributed by atoms with Crippen molar-refractivity contribution in [3.63, 3.8) is 0 Å². The number of carbonyl (C=O) groups is 1. The van der Waals surface area contributed by atoms with Gasteiger partial charge in [0.1, 0.15) is 6.07 Å². The van der Waals surface area contributed by atoms with Crippen molar-refractivity contribution in [2.24, 2.45) is 0 Å². The van der Waals surface area contributed by atoms with Crippen LogP contribution >= 0.6 is 0 Å². The summed E-state index contributed by atoms with van der Waals surface area (Å²) < 4.78 is 25.2. The third kappa shape index (κ3) is 2.89. The van der Waals surface area contributed by atoms with Gasteiger partial charge in [-0.3, -0.25) is 4.79 Å². The van der Waals surface area contributed by atoms with Crippen LogP contribution in [0.3, 0.4) is 0 Å². The van der Waals surface area contributed by atoms with Gasteiger partial charge in [-0.05, 0) is 12.1 Å². The summed E-state index contributed by atoms with van der Waals surface area (Å²) in [6, 6.07) is 6.30. The molecule has 7 nitrogen and oxygen atoms in total. The van der Waals surface area contributed by atoms with Crippen LogP contribution in [-0.4, -0.2) is 30.3 Å². The van der Waals surface area contributed by atoms with E-state index in [4.69, 9.17) is 10.4 Å². The van der Waals surface area contributed by atoms with Crippen LogP contribution in [-0.2, 0) is 9.84 Å². The number of pyridine rings is 1. The van der Waals surface area contributed by atoms with Crippen LogP contribution in [0.15, 0.2) is 46.3 Å². The van der Waals surface area contributed by atoms with Gasteiger partial charge in [0, 0.05) is 30.8 Å². The molecule has 2 rings (SSSR count). The minimum absolute atomic E-state index is 0.101. The first kappa shape index (κ1) is 15.5. The van der Waals surface area contributed by atoms with Crippen molar-refractivity contribution in [2.45, 2.75) is 4.90 Å². The standard InChI is InChI=1S/C14H10N2O5S/c1-22(20,21)13-7-11(14(18)19)9(8-15)6-12(13)16-4-2-10(17)3-5-16/h2-7H,1H3,(H,18,19). The Hall–Kier alpha value is -2.92. The SMILES string of the molecule is CS(=O)(=O)c1cc(C(=O)O)c(C#N)cc1-n1ccc(=O)cc1. The van der Waals surface area contributed by atoms with Crippen molar-refractivity contribution in [3.05, 3.63) is 58.0 Å². The first-order valence-electron chi connectivity index (χ1n) is 5.94. The number of hydrogen-bond donors (Lipinski definition) is 1. The van der Waals surface area contributed by atoms with Gasteiger partial charge in [0.2, 0.25) is 0 Å². The number of benzene rings is 1. The number of aromatic carboxylic acids is 1. The summed E-state index contributed by atoms with van der Waals surface area (Å²) in [7, 11) is -3.74. The predicted molar refractivity (Wildman–Crippen MR) is 76.8 cm³/mol. The van der Waals surface area contributed by atoms with Crippen LogP contribution in [0.1, 0.15) is 15.9 Å². The van der Waals surface area contributed by atoms with E-state index < -0.39 is 21.4 Å². The van der Waals surface area contributed by atoms with Gasteiger partial charge in [-0.25, -0.2) is 13.2 Å². The van der Waals surface area contributed by atoms with E-state index >= 15 is 0 Å². The van der Waals surface area contributed by atoms with Crippen LogP contribution in [0.4, 0.5) is 0 Å². The van der Waals surface area contributed by atoms with Crippen molar-refractivity contribution in [1.29, 1.82) is 5.26 Å². The molecule has 0 fully saturated rings. The average molecular weight is 318 g/mol. The van der Waals surface area contributed by atoms with Crippen molar-refractivity contribution in [3.8, 4) is 11.8 Å². The smallest absolute Gasteiger partial charge is 0.337 e. The van der Waals surface area contributed by atoms with E-state index in [1.54, 1.807) is 6.07 Å². The molecular weight excluding hydrogens is 308 g/mol. The molecule has 1 aromatic carbocycles. The molecule has 0 aliphatic heterocycles. The fraction of sp³-hybridized carbons (Fsp3) is 0.0714. The van der Waals surface area contributed by atoms with E-state index in [1.165, 1.54) is 35.2 Å². The van der Waals surface area contributed by atoms with Crippen molar-refractivity contribution in [2.75, 3.05) is 6.26 Å². The van der Waals surface area contributed by atoms with Gasteiger partial charge >= 0.3 is 5.97 Å². The monoisotopic (exact) mass is 318 g/mol. The average Bonchev–Trinajstić information content (AvgIpc) is 2.45. The maximum atomic E-state index is 11.9. The Bertz CT molecular complexity index is 947. The molecule has 1 N–H and O–H groups in total. The van der Waals surface area contributed by atoms with Gasteiger partial charge in [-0.1, -0.05) is 0 Å². The Morgan fingerprint density at radius 3 is 2.32 bits per heavy atom. The Morgan fingerprint density at radius 2 is 1.86 bits per heavy atom. The Labute approximate surface area is 125 Å². The number of nitriles is 1. The molecule has 8 heteroatoms. The van der Waals surface area contributed by atoms with E-state index in [0.717, 1.165) is 12.3 Å². The summed E-state index contributed by atoms with van der Waals surface area (Å²) in [6.07, 6.45) is 3.62. The molecule has 22 heavy (non-hydrogen) atoms. The van der Waals surface area contributed by atoms with Crippen molar-refractivity contribution >= 4 is 15.8 Å². The molecule has 0 amide bonds. The first-order chi connectivity index (χ1) is 10.2. The second kappa shape index (κ2) is 5.46. The molecule has 1 heterocycles. The molecule has 0 bridgehead atoms. The minimum atomic E-state index is -3.74. The Morgan fingerprint density at radius 1 is 1.27 bits per heavy atom. The van der Waals surface area contributed by atoms with Crippen LogP contribution in [0.2, 0.25) is 0 Å². The van der Waals surface area contributed by atoms with E-state index in [-0.39, 0.29) is 21.6 Å². The zero-order valence-electron chi connectivity index (χ0n) is 11.3. The summed E-state index contributed by atoms with van der Waals surface area (Å²) in [5.41, 5.74) is -0.731. The highest BCUT2D eigenvalue weighted by atomic mass is 32.2. The van der Waals surface area contributed by atoms with E-state index in [1.807, 2.05) is 0 Å². The first-order valence-corrected chi connectivity index (χ1v) is 7.83. The van der Waals surface area contributed by atoms with Gasteiger partial charge in [0.05, 0.1) is 21.7 Å². The largest absolute Gasteiger partial charge is 0.478 e. The molecule has 0 saturated carbocycles. The number of aromatic nitrogens is 1. The zero-order chi connectivity index (χ0) is 16.5. The topological polar surface area (TPSA) is 117 Å². The summed E-state index contributed by atoms with van der Waals surface area (Å²) in [6.45, 7) is 0. The van der Waals surface area contributed by atoms with Crippen LogP contribution < -0.4 is 5.43 Å². The number of carboxylic acids is 1. The molecule has 0 aliphatic carbocycles. The van der Waals surface area contributed by atoms with Gasteiger partial charge in [-0.15, -0.1) is 0 Å². The van der Waals surface area contributed by atoms with Crippen LogP contribution in [0, 0.1) is 11.3 Å². The molecule has 0 spiro atoms. The summed E-state index contributed by atoms with van der Waals surface area (Å²) in [4.78, 5) is 22.1. The second-order valence-electron chi connectivity index (χ2n) is 4.50. The highest BCUT2D eigenvalue weighted by Gasteiger charge is 2.21. The van der Waals surface area contributed by atoms with Crippen LogP contribution in [0.5, 0.6) is 0 Å². The molecule has 0 saturated heterocycles. The van der Waals surface area contributed by atoms with E-state index in [9.17, 15) is 18.0 Å². The molecule has 0 atom stereocenters. The molecule has 0 radical (unpaired) electrons. The van der Waals surface area contributed by atoms with Gasteiger partial charge in [0.25, 0.3) is 0 Å². The highest BCUT2D eigenvalue weighted by molar-refractivity contribution is 7.90. The summed E-state index contributed by atoms with van der Waals surface area (Å²) >= 11 is 0. The number of nitrogens with zero attached hydrogens (tertiary/aromatic N) is 2. The summed E-state index contributed by atoms with van der Waals surface area (Å²) in [5, 5.41) is 18.1. The third-order valence-corrected chi connectivity index (χ3v) is 4.05. The van der Waals surface area contributed by atoms with E-state index in [2.05, 4.69) is 0 Å². The third-order valence-electron chi connectivity index (χ3n) is 2.93. The number of carboxylic acid groups (broad SMARTS) is 1. The Kier molecular flexibility index (Phi) is 3.84. The maximum absolute atomic E-state index is 11.9. The number of sulfone groups is 1. The lowest BCUT2D eigenvalue weighted by molar-refractivity contribution is 0.0696. The number of hydrogen-bond acceptors (Lipinski definition) is 5. The maximum Gasteiger partial charge on any atom is 0.337 e. The second-order valence-corrected chi connectivity index (χ2v) is 6.48. The fourth-order valence-electron chi connectivity index (χ4n) is 1.91. The molecule has 1 aromatic heterocycles. The Balaban J connectivity index is 2.88. The van der Waals surface area contributed by atoms with Gasteiger partial charge in [0.15, 0.2) is 15.3 Å². The minimum Gasteiger partial charge on any atom is -0.478 e. The predicted octanol–water partition coefficient (Wildman–Crippen LogP) is 0.811.